The molecule has 2 aromatic carbocycles. The highest BCUT2D eigenvalue weighted by molar-refractivity contribution is 6.32. The topological polar surface area (TPSA) is 26.3 Å². The quantitative estimate of drug-likeness (QED) is 0.792. The first-order valence-electron chi connectivity index (χ1n) is 5.43. The fraction of sp³-hybridized carbons (Fsp3) is 0.0714. The van der Waals surface area contributed by atoms with Gasteiger partial charge in [-0.2, -0.15) is 0 Å². The highest BCUT2D eigenvalue weighted by Crippen LogP contribution is 2.28. The summed E-state index contributed by atoms with van der Waals surface area (Å²) in [7, 11) is 0. The van der Waals surface area contributed by atoms with Crippen LogP contribution in [0, 0.1) is 11.6 Å². The number of ether oxygens (including phenoxy) is 1. The fourth-order valence-electron chi connectivity index (χ4n) is 1.58. The van der Waals surface area contributed by atoms with Gasteiger partial charge in [0.15, 0.2) is 17.9 Å². The minimum atomic E-state index is -0.970. The molecular weight excluding hydrogens is 274 g/mol. The molecule has 0 unspecified atom stereocenters. The molecular formula is C14H9ClF2O2. The predicted molar refractivity (Wildman–Crippen MR) is 67.5 cm³/mol. The molecule has 2 nitrogen and oxygen atoms in total. The average Bonchev–Trinajstić information content (AvgIpc) is 2.41. The van der Waals surface area contributed by atoms with Gasteiger partial charge in [-0.25, -0.2) is 8.78 Å². The van der Waals surface area contributed by atoms with E-state index in [0.29, 0.717) is 6.29 Å². The van der Waals surface area contributed by atoms with E-state index >= 15 is 0 Å². The molecule has 0 amide bonds. The van der Waals surface area contributed by atoms with Crippen LogP contribution in [0.1, 0.15) is 15.9 Å². The molecule has 0 saturated carbocycles. The standard InChI is InChI=1S/C14H9ClF2O2/c15-11-5-1-3-9(7-18)14(11)19-8-10-4-2-6-12(16)13(10)17/h1-7H,8H2. The van der Waals surface area contributed by atoms with Crippen molar-refractivity contribution in [2.24, 2.45) is 0 Å². The maximum Gasteiger partial charge on any atom is 0.165 e. The fourth-order valence-corrected chi connectivity index (χ4v) is 1.82. The lowest BCUT2D eigenvalue weighted by molar-refractivity contribution is 0.111. The van der Waals surface area contributed by atoms with Crippen LogP contribution in [0.15, 0.2) is 36.4 Å². The van der Waals surface area contributed by atoms with Crippen molar-refractivity contribution in [2.45, 2.75) is 6.61 Å². The van der Waals surface area contributed by atoms with Crippen molar-refractivity contribution >= 4 is 17.9 Å². The Balaban J connectivity index is 2.24. The highest BCUT2D eigenvalue weighted by Gasteiger charge is 2.11. The molecule has 0 aromatic heterocycles. The second-order valence-corrected chi connectivity index (χ2v) is 4.18. The van der Waals surface area contributed by atoms with Crippen molar-refractivity contribution in [3.63, 3.8) is 0 Å². The minimum Gasteiger partial charge on any atom is -0.486 e. The maximum absolute atomic E-state index is 13.4. The third-order valence-corrected chi connectivity index (χ3v) is 2.83. The Morgan fingerprint density at radius 1 is 1.16 bits per heavy atom. The second kappa shape index (κ2) is 5.80. The summed E-state index contributed by atoms with van der Waals surface area (Å²) in [5.41, 5.74) is 0.307. The summed E-state index contributed by atoms with van der Waals surface area (Å²) >= 11 is 5.89. The number of carbonyl (C=O) groups is 1. The van der Waals surface area contributed by atoms with Crippen molar-refractivity contribution in [1.82, 2.24) is 0 Å². The lowest BCUT2D eigenvalue weighted by Crippen LogP contribution is -2.02. The van der Waals surface area contributed by atoms with Crippen molar-refractivity contribution in [2.75, 3.05) is 0 Å². The first-order valence-corrected chi connectivity index (χ1v) is 5.80. The van der Waals surface area contributed by atoms with Crippen LogP contribution in [0.2, 0.25) is 5.02 Å². The molecule has 2 aromatic rings. The normalized spacial score (nSPS) is 10.3. The number of rotatable bonds is 4. The van der Waals surface area contributed by atoms with Crippen LogP contribution in [0.4, 0.5) is 8.78 Å². The van der Waals surface area contributed by atoms with E-state index in [-0.39, 0.29) is 28.5 Å². The van der Waals surface area contributed by atoms with Crippen molar-refractivity contribution in [3.8, 4) is 5.75 Å². The largest absolute Gasteiger partial charge is 0.486 e. The molecule has 5 heteroatoms. The van der Waals surface area contributed by atoms with Crippen molar-refractivity contribution in [3.05, 3.63) is 64.2 Å². The highest BCUT2D eigenvalue weighted by atomic mass is 35.5. The zero-order chi connectivity index (χ0) is 13.8. The lowest BCUT2D eigenvalue weighted by Gasteiger charge is -2.10. The van der Waals surface area contributed by atoms with Crippen LogP contribution >= 0.6 is 11.6 Å². The number of para-hydroxylation sites is 1. The van der Waals surface area contributed by atoms with E-state index in [1.54, 1.807) is 12.1 Å². The summed E-state index contributed by atoms with van der Waals surface area (Å²) in [6.07, 6.45) is 0.586. The number of hydrogen-bond donors (Lipinski definition) is 0. The number of hydrogen-bond acceptors (Lipinski definition) is 2. The van der Waals surface area contributed by atoms with Crippen LogP contribution in [-0.2, 0) is 6.61 Å². The Hall–Kier alpha value is -1.94. The summed E-state index contributed by atoms with van der Waals surface area (Å²) in [4.78, 5) is 10.8. The SMILES string of the molecule is O=Cc1cccc(Cl)c1OCc1cccc(F)c1F. The number of benzene rings is 2. The zero-order valence-electron chi connectivity index (χ0n) is 9.70. The van der Waals surface area contributed by atoms with E-state index in [4.69, 9.17) is 16.3 Å². The van der Waals surface area contributed by atoms with E-state index in [1.807, 2.05) is 0 Å². The Kier molecular flexibility index (Phi) is 4.12. The van der Waals surface area contributed by atoms with Gasteiger partial charge < -0.3 is 4.74 Å². The van der Waals surface area contributed by atoms with Gasteiger partial charge in [-0.05, 0) is 18.2 Å². The van der Waals surface area contributed by atoms with Gasteiger partial charge in [0, 0.05) is 5.56 Å². The Morgan fingerprint density at radius 2 is 1.89 bits per heavy atom. The molecule has 0 bridgehead atoms. The molecule has 0 spiro atoms. The summed E-state index contributed by atoms with van der Waals surface area (Å²) in [5.74, 6) is -1.76. The Morgan fingerprint density at radius 3 is 2.63 bits per heavy atom. The first-order chi connectivity index (χ1) is 9.13. The van der Waals surface area contributed by atoms with Gasteiger partial charge in [-0.3, -0.25) is 4.79 Å². The van der Waals surface area contributed by atoms with E-state index < -0.39 is 11.6 Å². The molecule has 0 fully saturated rings. The maximum atomic E-state index is 13.4. The van der Waals surface area contributed by atoms with E-state index in [1.165, 1.54) is 18.2 Å². The van der Waals surface area contributed by atoms with Gasteiger partial charge in [-0.15, -0.1) is 0 Å². The molecule has 0 saturated heterocycles. The number of halogens is 3. The van der Waals surface area contributed by atoms with E-state index in [9.17, 15) is 13.6 Å². The third-order valence-electron chi connectivity index (χ3n) is 2.53. The van der Waals surface area contributed by atoms with Crippen LogP contribution in [0.5, 0.6) is 5.75 Å². The summed E-state index contributed by atoms with van der Waals surface area (Å²) in [6, 6.07) is 8.47. The first kappa shape index (κ1) is 13.5. The lowest BCUT2D eigenvalue weighted by atomic mass is 10.2. The van der Waals surface area contributed by atoms with Crippen molar-refractivity contribution < 1.29 is 18.3 Å². The molecule has 0 aliphatic heterocycles. The van der Waals surface area contributed by atoms with Gasteiger partial charge >= 0.3 is 0 Å². The molecule has 98 valence electrons. The number of carbonyl (C=O) groups excluding carboxylic acids is 1. The monoisotopic (exact) mass is 282 g/mol. The summed E-state index contributed by atoms with van der Waals surface area (Å²) in [6.45, 7) is -0.214. The molecule has 0 aliphatic rings. The van der Waals surface area contributed by atoms with E-state index in [2.05, 4.69) is 0 Å². The molecule has 0 atom stereocenters. The van der Waals surface area contributed by atoms with Gasteiger partial charge in [0.1, 0.15) is 12.4 Å². The predicted octanol–water partition coefficient (Wildman–Crippen LogP) is 4.01. The summed E-state index contributed by atoms with van der Waals surface area (Å²) < 4.78 is 31.8. The molecule has 0 heterocycles. The van der Waals surface area contributed by atoms with Gasteiger partial charge in [0.2, 0.25) is 0 Å². The molecule has 19 heavy (non-hydrogen) atoms. The van der Waals surface area contributed by atoms with Crippen molar-refractivity contribution in [1.29, 1.82) is 0 Å². The average molecular weight is 283 g/mol. The number of aldehydes is 1. The van der Waals surface area contributed by atoms with Crippen LogP contribution < -0.4 is 4.74 Å². The molecule has 0 N–H and O–H groups in total. The van der Waals surface area contributed by atoms with Gasteiger partial charge in [-0.1, -0.05) is 29.8 Å². The van der Waals surface area contributed by atoms with Crippen LogP contribution in [0.25, 0.3) is 0 Å². The molecule has 0 radical (unpaired) electrons. The second-order valence-electron chi connectivity index (χ2n) is 3.78. The Labute approximate surface area is 113 Å². The third kappa shape index (κ3) is 2.90. The van der Waals surface area contributed by atoms with Gasteiger partial charge in [0.05, 0.1) is 10.6 Å². The van der Waals surface area contributed by atoms with Crippen LogP contribution in [-0.4, -0.2) is 6.29 Å². The molecule has 2 rings (SSSR count). The molecule has 0 aliphatic carbocycles. The van der Waals surface area contributed by atoms with E-state index in [0.717, 1.165) is 6.07 Å². The minimum absolute atomic E-state index is 0.0526. The smallest absolute Gasteiger partial charge is 0.165 e. The Bertz CT molecular complexity index is 614. The van der Waals surface area contributed by atoms with Crippen LogP contribution in [0.3, 0.4) is 0 Å². The zero-order valence-corrected chi connectivity index (χ0v) is 10.5. The summed E-state index contributed by atoms with van der Waals surface area (Å²) in [5, 5.41) is 0.237. The van der Waals surface area contributed by atoms with Gasteiger partial charge in [0.25, 0.3) is 0 Å².